The van der Waals surface area contributed by atoms with Gasteiger partial charge in [-0.25, -0.2) is 4.39 Å². The van der Waals surface area contributed by atoms with Crippen molar-refractivity contribution in [2.75, 3.05) is 39.5 Å². The van der Waals surface area contributed by atoms with Crippen LogP contribution < -0.4 is 4.74 Å². The third-order valence-corrected chi connectivity index (χ3v) is 3.51. The van der Waals surface area contributed by atoms with Gasteiger partial charge in [0, 0.05) is 19.6 Å². The van der Waals surface area contributed by atoms with E-state index in [1.165, 1.54) is 12.1 Å². The lowest BCUT2D eigenvalue weighted by molar-refractivity contribution is 0.0322. The van der Waals surface area contributed by atoms with E-state index < -0.39 is 5.82 Å². The molecule has 0 aromatic heterocycles. The molecule has 0 aliphatic carbocycles. The van der Waals surface area contributed by atoms with Crippen LogP contribution >= 0.6 is 15.9 Å². The molecule has 1 fully saturated rings. The second kappa shape index (κ2) is 6.98. The number of nitrogens with zero attached hydrogens (tertiary/aromatic N) is 1. The van der Waals surface area contributed by atoms with Crippen LogP contribution in [0.2, 0.25) is 0 Å². The van der Waals surface area contributed by atoms with E-state index in [4.69, 9.17) is 9.47 Å². The highest BCUT2D eigenvalue weighted by Crippen LogP contribution is 2.29. The molecule has 0 radical (unpaired) electrons. The Kier molecular flexibility index (Phi) is 5.30. The van der Waals surface area contributed by atoms with Gasteiger partial charge in [0.25, 0.3) is 0 Å². The van der Waals surface area contributed by atoms with Gasteiger partial charge in [-0.05, 0) is 28.1 Å². The minimum atomic E-state index is -0.463. The number of ether oxygens (including phenoxy) is 2. The van der Waals surface area contributed by atoms with Crippen LogP contribution in [0.5, 0.6) is 5.75 Å². The fourth-order valence-electron chi connectivity index (χ4n) is 1.92. The zero-order chi connectivity index (χ0) is 13.7. The first-order valence-corrected chi connectivity index (χ1v) is 6.87. The Morgan fingerprint density at radius 2 is 2.16 bits per heavy atom. The third kappa shape index (κ3) is 3.99. The first-order valence-electron chi connectivity index (χ1n) is 6.08. The van der Waals surface area contributed by atoms with Crippen molar-refractivity contribution < 1.29 is 18.7 Å². The Labute approximate surface area is 119 Å². The molecule has 0 spiro atoms. The highest BCUT2D eigenvalue weighted by Gasteiger charge is 2.13. The number of halogens is 2. The van der Waals surface area contributed by atoms with Crippen molar-refractivity contribution in [1.82, 2.24) is 4.90 Å². The van der Waals surface area contributed by atoms with Crippen LogP contribution in [0.15, 0.2) is 16.6 Å². The SMILES string of the molecule is O=Cc1cc(F)cc(Br)c1OCCN1CCOCC1. The summed E-state index contributed by atoms with van der Waals surface area (Å²) in [5, 5.41) is 0. The second-order valence-corrected chi connectivity index (χ2v) is 5.08. The minimum Gasteiger partial charge on any atom is -0.490 e. The molecule has 0 atom stereocenters. The van der Waals surface area contributed by atoms with Gasteiger partial charge in [0.1, 0.15) is 18.2 Å². The fourth-order valence-corrected chi connectivity index (χ4v) is 2.48. The normalized spacial score (nSPS) is 16.3. The van der Waals surface area contributed by atoms with Crippen LogP contribution in [0.25, 0.3) is 0 Å². The van der Waals surface area contributed by atoms with E-state index in [1.54, 1.807) is 0 Å². The van der Waals surface area contributed by atoms with E-state index >= 15 is 0 Å². The van der Waals surface area contributed by atoms with Gasteiger partial charge in [-0.15, -0.1) is 0 Å². The number of carbonyl (C=O) groups excluding carboxylic acids is 1. The van der Waals surface area contributed by atoms with Crippen molar-refractivity contribution >= 4 is 22.2 Å². The van der Waals surface area contributed by atoms with Gasteiger partial charge in [0.2, 0.25) is 0 Å². The van der Waals surface area contributed by atoms with Crippen molar-refractivity contribution in [2.24, 2.45) is 0 Å². The van der Waals surface area contributed by atoms with Crippen molar-refractivity contribution in [3.63, 3.8) is 0 Å². The first kappa shape index (κ1) is 14.4. The molecule has 6 heteroatoms. The highest BCUT2D eigenvalue weighted by atomic mass is 79.9. The molecule has 1 heterocycles. The van der Waals surface area contributed by atoms with Gasteiger partial charge in [0.05, 0.1) is 23.2 Å². The number of benzene rings is 1. The lowest BCUT2D eigenvalue weighted by Gasteiger charge is -2.26. The lowest BCUT2D eigenvalue weighted by atomic mass is 10.2. The molecule has 0 bridgehead atoms. The Morgan fingerprint density at radius 1 is 1.42 bits per heavy atom. The zero-order valence-corrected chi connectivity index (χ0v) is 12.0. The molecule has 1 aliphatic rings. The Bertz CT molecular complexity index is 450. The van der Waals surface area contributed by atoms with Crippen LogP contribution in [0.4, 0.5) is 4.39 Å². The number of hydrogen-bond donors (Lipinski definition) is 0. The van der Waals surface area contributed by atoms with Crippen LogP contribution in [0.3, 0.4) is 0 Å². The lowest BCUT2D eigenvalue weighted by Crippen LogP contribution is -2.38. The summed E-state index contributed by atoms with van der Waals surface area (Å²) in [4.78, 5) is 13.1. The van der Waals surface area contributed by atoms with Crippen LogP contribution in [0, 0.1) is 5.82 Å². The van der Waals surface area contributed by atoms with Gasteiger partial charge in [-0.1, -0.05) is 0 Å². The molecule has 2 rings (SSSR count). The molecule has 0 amide bonds. The maximum absolute atomic E-state index is 13.1. The molecule has 1 aromatic carbocycles. The molecule has 0 N–H and O–H groups in total. The topological polar surface area (TPSA) is 38.8 Å². The second-order valence-electron chi connectivity index (χ2n) is 4.23. The predicted molar refractivity (Wildman–Crippen MR) is 72.2 cm³/mol. The van der Waals surface area contributed by atoms with E-state index in [0.717, 1.165) is 32.8 Å². The van der Waals surface area contributed by atoms with E-state index in [0.29, 0.717) is 23.1 Å². The summed E-state index contributed by atoms with van der Waals surface area (Å²) in [6, 6.07) is 2.46. The van der Waals surface area contributed by atoms with Crippen molar-refractivity contribution in [2.45, 2.75) is 0 Å². The molecule has 4 nitrogen and oxygen atoms in total. The van der Waals surface area contributed by atoms with Crippen molar-refractivity contribution in [3.05, 3.63) is 28.0 Å². The van der Waals surface area contributed by atoms with Crippen molar-refractivity contribution in [3.8, 4) is 5.75 Å². The molecule has 104 valence electrons. The first-order chi connectivity index (χ1) is 9.20. The van der Waals surface area contributed by atoms with Gasteiger partial charge in [-0.3, -0.25) is 9.69 Å². The summed E-state index contributed by atoms with van der Waals surface area (Å²) in [6.45, 7) is 4.44. The summed E-state index contributed by atoms with van der Waals surface area (Å²) < 4.78 is 24.4. The standard InChI is InChI=1S/C13H15BrFNO3/c14-12-8-11(15)7-10(9-17)13(12)19-6-3-16-1-4-18-5-2-16/h7-9H,1-6H2. The van der Waals surface area contributed by atoms with Crippen LogP contribution in [0.1, 0.15) is 10.4 Å². The summed E-state index contributed by atoms with van der Waals surface area (Å²) in [5.41, 5.74) is 0.217. The molecule has 19 heavy (non-hydrogen) atoms. The molecular formula is C13H15BrFNO3. The van der Waals surface area contributed by atoms with Crippen LogP contribution in [-0.2, 0) is 4.74 Å². The molecule has 1 saturated heterocycles. The van der Waals surface area contributed by atoms with E-state index in [9.17, 15) is 9.18 Å². The maximum Gasteiger partial charge on any atom is 0.153 e. The smallest absolute Gasteiger partial charge is 0.153 e. The predicted octanol–water partition coefficient (Wildman–Crippen LogP) is 2.11. The molecule has 1 aromatic rings. The monoisotopic (exact) mass is 331 g/mol. The summed E-state index contributed by atoms with van der Waals surface area (Å²) in [6.07, 6.45) is 0.595. The Morgan fingerprint density at radius 3 is 2.84 bits per heavy atom. The Hall–Kier alpha value is -0.980. The largest absolute Gasteiger partial charge is 0.490 e. The third-order valence-electron chi connectivity index (χ3n) is 2.92. The molecule has 0 saturated carbocycles. The molecule has 1 aliphatic heterocycles. The summed E-state index contributed by atoms with van der Waals surface area (Å²) in [5.74, 6) is -0.0702. The summed E-state index contributed by atoms with van der Waals surface area (Å²) >= 11 is 3.21. The van der Waals surface area contributed by atoms with E-state index in [-0.39, 0.29) is 5.56 Å². The van der Waals surface area contributed by atoms with Gasteiger partial charge < -0.3 is 9.47 Å². The number of carbonyl (C=O) groups is 1. The number of aldehydes is 1. The number of rotatable bonds is 5. The van der Waals surface area contributed by atoms with Gasteiger partial charge in [-0.2, -0.15) is 0 Å². The highest BCUT2D eigenvalue weighted by molar-refractivity contribution is 9.10. The molecule has 0 unspecified atom stereocenters. The van der Waals surface area contributed by atoms with E-state index in [2.05, 4.69) is 20.8 Å². The van der Waals surface area contributed by atoms with Gasteiger partial charge >= 0.3 is 0 Å². The Balaban J connectivity index is 1.93. The quantitative estimate of drug-likeness (QED) is 0.775. The number of morpholine rings is 1. The summed E-state index contributed by atoms with van der Waals surface area (Å²) in [7, 11) is 0. The molecular weight excluding hydrogens is 317 g/mol. The average Bonchev–Trinajstić information content (AvgIpc) is 2.42. The fraction of sp³-hybridized carbons (Fsp3) is 0.462. The van der Waals surface area contributed by atoms with Crippen molar-refractivity contribution in [1.29, 1.82) is 0 Å². The zero-order valence-electron chi connectivity index (χ0n) is 10.4. The number of hydrogen-bond acceptors (Lipinski definition) is 4. The average molecular weight is 332 g/mol. The minimum absolute atomic E-state index is 0.217. The maximum atomic E-state index is 13.1. The van der Waals surface area contributed by atoms with Gasteiger partial charge in [0.15, 0.2) is 6.29 Å². The van der Waals surface area contributed by atoms with Crippen LogP contribution in [-0.4, -0.2) is 50.6 Å². The van der Waals surface area contributed by atoms with E-state index in [1.807, 2.05) is 0 Å².